The van der Waals surface area contributed by atoms with Crippen LogP contribution in [0.3, 0.4) is 0 Å². The number of rotatable bonds is 4. The first-order valence-corrected chi connectivity index (χ1v) is 10.5. The van der Waals surface area contributed by atoms with E-state index >= 15 is 0 Å². The van der Waals surface area contributed by atoms with E-state index in [1.807, 2.05) is 26.0 Å². The molecule has 1 aliphatic heterocycles. The Kier molecular flexibility index (Phi) is 5.19. The van der Waals surface area contributed by atoms with Crippen LogP contribution in [0.15, 0.2) is 36.4 Å². The number of aromatic nitrogens is 1. The van der Waals surface area contributed by atoms with Gasteiger partial charge in [-0.2, -0.15) is 0 Å². The lowest BCUT2D eigenvalue weighted by molar-refractivity contribution is -0.139. The lowest BCUT2D eigenvalue weighted by atomic mass is 9.80. The molecule has 2 atom stereocenters. The topological polar surface area (TPSA) is 91.4 Å². The molecule has 3 amide bonds. The first kappa shape index (κ1) is 19.3. The number of fused-ring (bicyclic) bond motifs is 1. The molecule has 1 aliphatic carbocycles. The fourth-order valence-corrected chi connectivity index (χ4v) is 4.65. The molecule has 2 unspecified atom stereocenters. The number of benzene rings is 1. The highest BCUT2D eigenvalue weighted by Gasteiger charge is 2.42. The normalized spacial score (nSPS) is 21.0. The summed E-state index contributed by atoms with van der Waals surface area (Å²) in [5.41, 5.74) is 4.51. The minimum atomic E-state index is -0.364. The zero-order valence-corrected chi connectivity index (χ0v) is 17.1. The first-order chi connectivity index (χ1) is 14.0. The molecule has 7 nitrogen and oxygen atoms in total. The Labute approximate surface area is 172 Å². The van der Waals surface area contributed by atoms with E-state index in [2.05, 4.69) is 15.7 Å². The van der Waals surface area contributed by atoms with Crippen LogP contribution in [-0.4, -0.2) is 22.7 Å². The first-order valence-electron chi connectivity index (χ1n) is 9.65. The Hall–Kier alpha value is -3.00. The Morgan fingerprint density at radius 1 is 1.28 bits per heavy atom. The molecule has 1 aromatic carbocycles. The number of allylic oxidation sites excluding steroid dienone is 2. The molecule has 4 rings (SSSR count). The van der Waals surface area contributed by atoms with Gasteiger partial charge in [-0.05, 0) is 44.4 Å². The Balaban J connectivity index is 1.55. The zero-order valence-electron chi connectivity index (χ0n) is 16.3. The molecule has 0 spiro atoms. The summed E-state index contributed by atoms with van der Waals surface area (Å²) in [6.07, 6.45) is 5.82. The van der Waals surface area contributed by atoms with Gasteiger partial charge >= 0.3 is 0 Å². The number of hydrazine groups is 1. The lowest BCUT2D eigenvalue weighted by Crippen LogP contribution is -2.59. The number of carbonyl (C=O) groups excluding carboxylic acids is 3. The second-order valence-electron chi connectivity index (χ2n) is 7.19. The molecule has 29 heavy (non-hydrogen) atoms. The summed E-state index contributed by atoms with van der Waals surface area (Å²) in [5, 5.41) is 4.63. The lowest BCUT2D eigenvalue weighted by Gasteiger charge is -2.38. The van der Waals surface area contributed by atoms with Crippen LogP contribution in [0, 0.1) is 18.8 Å². The van der Waals surface area contributed by atoms with Gasteiger partial charge in [-0.3, -0.25) is 25.1 Å². The van der Waals surface area contributed by atoms with Crippen molar-refractivity contribution in [3.63, 3.8) is 0 Å². The zero-order chi connectivity index (χ0) is 20.5. The number of aryl methyl sites for hydroxylation is 2. The van der Waals surface area contributed by atoms with Gasteiger partial charge in [-0.15, -0.1) is 11.3 Å². The molecule has 150 valence electrons. The standard InChI is InChI=1S/C21H22N4O3S/c1-3-17-12(2)29-21(22-17)23-18(26)13-7-6-8-14(11-13)25-20(28)16-10-5-4-9-15(16)19(27)24-25/h4-8,11,15-16H,3,9-10H2,1-2H3,(H,24,27)(H,22,23,26). The summed E-state index contributed by atoms with van der Waals surface area (Å²) < 4.78 is 0. The van der Waals surface area contributed by atoms with Gasteiger partial charge in [-0.1, -0.05) is 25.1 Å². The number of thiazole rings is 1. The summed E-state index contributed by atoms with van der Waals surface area (Å²) in [5.74, 6) is -1.32. The molecular formula is C21H22N4O3S. The number of nitrogens with zero attached hydrogens (tertiary/aromatic N) is 2. The monoisotopic (exact) mass is 410 g/mol. The Morgan fingerprint density at radius 3 is 2.76 bits per heavy atom. The SMILES string of the molecule is CCc1nc(NC(=O)c2cccc(N3NC(=O)C4CC=CCC4C3=O)c2)sc1C. The third-order valence-corrected chi connectivity index (χ3v) is 6.27. The van der Waals surface area contributed by atoms with Crippen molar-refractivity contribution in [1.82, 2.24) is 10.4 Å². The molecule has 1 saturated heterocycles. The fraction of sp³-hybridized carbons (Fsp3) is 0.333. The van der Waals surface area contributed by atoms with Crippen molar-refractivity contribution in [3.05, 3.63) is 52.6 Å². The van der Waals surface area contributed by atoms with Gasteiger partial charge in [0, 0.05) is 10.4 Å². The Morgan fingerprint density at radius 2 is 2.03 bits per heavy atom. The van der Waals surface area contributed by atoms with E-state index in [0.29, 0.717) is 29.2 Å². The molecule has 0 bridgehead atoms. The van der Waals surface area contributed by atoms with E-state index in [4.69, 9.17) is 0 Å². The molecular weight excluding hydrogens is 388 g/mol. The quantitative estimate of drug-likeness (QED) is 0.757. The maximum atomic E-state index is 12.9. The van der Waals surface area contributed by atoms with E-state index in [9.17, 15) is 14.4 Å². The molecule has 2 aromatic rings. The summed E-state index contributed by atoms with van der Waals surface area (Å²) in [6.45, 7) is 4.00. The minimum absolute atomic E-state index is 0.153. The van der Waals surface area contributed by atoms with Crippen molar-refractivity contribution in [2.75, 3.05) is 10.3 Å². The maximum absolute atomic E-state index is 12.9. The molecule has 8 heteroatoms. The van der Waals surface area contributed by atoms with Crippen molar-refractivity contribution in [2.24, 2.45) is 11.8 Å². The highest BCUT2D eigenvalue weighted by Crippen LogP contribution is 2.32. The van der Waals surface area contributed by atoms with Gasteiger partial charge < -0.3 is 0 Å². The van der Waals surface area contributed by atoms with Crippen molar-refractivity contribution in [2.45, 2.75) is 33.1 Å². The number of anilines is 2. The van der Waals surface area contributed by atoms with Crippen molar-refractivity contribution < 1.29 is 14.4 Å². The van der Waals surface area contributed by atoms with Crippen LogP contribution in [-0.2, 0) is 16.0 Å². The van der Waals surface area contributed by atoms with E-state index < -0.39 is 0 Å². The van der Waals surface area contributed by atoms with E-state index in [-0.39, 0.29) is 29.6 Å². The van der Waals surface area contributed by atoms with Crippen LogP contribution in [0.1, 0.15) is 40.7 Å². The summed E-state index contributed by atoms with van der Waals surface area (Å²) in [4.78, 5) is 43.6. The van der Waals surface area contributed by atoms with Gasteiger partial charge in [0.2, 0.25) is 11.8 Å². The molecule has 0 saturated carbocycles. The van der Waals surface area contributed by atoms with Crippen LogP contribution in [0.25, 0.3) is 0 Å². The summed E-state index contributed by atoms with van der Waals surface area (Å²) >= 11 is 1.44. The summed E-state index contributed by atoms with van der Waals surface area (Å²) in [7, 11) is 0. The highest BCUT2D eigenvalue weighted by molar-refractivity contribution is 7.15. The Bertz CT molecular complexity index is 1010. The number of amides is 3. The van der Waals surface area contributed by atoms with Crippen molar-refractivity contribution >= 4 is 39.9 Å². The molecule has 1 aromatic heterocycles. The highest BCUT2D eigenvalue weighted by atomic mass is 32.1. The average molecular weight is 410 g/mol. The predicted molar refractivity (Wildman–Crippen MR) is 112 cm³/mol. The second-order valence-corrected chi connectivity index (χ2v) is 8.39. The van der Waals surface area contributed by atoms with Crippen molar-refractivity contribution in [3.8, 4) is 0 Å². The average Bonchev–Trinajstić information content (AvgIpc) is 3.09. The van der Waals surface area contributed by atoms with E-state index in [1.165, 1.54) is 16.3 Å². The third kappa shape index (κ3) is 3.67. The minimum Gasteiger partial charge on any atom is -0.298 e. The third-order valence-electron chi connectivity index (χ3n) is 5.34. The van der Waals surface area contributed by atoms with Crippen LogP contribution in [0.4, 0.5) is 10.8 Å². The van der Waals surface area contributed by atoms with Gasteiger partial charge in [0.1, 0.15) is 0 Å². The van der Waals surface area contributed by atoms with Crippen molar-refractivity contribution in [1.29, 1.82) is 0 Å². The molecule has 0 radical (unpaired) electrons. The van der Waals surface area contributed by atoms with E-state index in [1.54, 1.807) is 24.3 Å². The van der Waals surface area contributed by atoms with E-state index in [0.717, 1.165) is 17.0 Å². The summed E-state index contributed by atoms with van der Waals surface area (Å²) in [6, 6.07) is 6.67. The van der Waals surface area contributed by atoms with Gasteiger partial charge in [0.15, 0.2) is 5.13 Å². The van der Waals surface area contributed by atoms with Crippen LogP contribution in [0.5, 0.6) is 0 Å². The number of carbonyl (C=O) groups is 3. The fourth-order valence-electron chi connectivity index (χ4n) is 3.75. The van der Waals surface area contributed by atoms with Gasteiger partial charge in [0.25, 0.3) is 5.91 Å². The molecule has 2 heterocycles. The number of nitrogens with one attached hydrogen (secondary N) is 2. The molecule has 2 N–H and O–H groups in total. The molecule has 2 aliphatic rings. The number of hydrogen-bond acceptors (Lipinski definition) is 5. The smallest absolute Gasteiger partial charge is 0.257 e. The largest absolute Gasteiger partial charge is 0.298 e. The van der Waals surface area contributed by atoms with Crippen LogP contribution < -0.4 is 15.8 Å². The second kappa shape index (κ2) is 7.79. The maximum Gasteiger partial charge on any atom is 0.257 e. The van der Waals surface area contributed by atoms with Crippen LogP contribution >= 0.6 is 11.3 Å². The number of hydrogen-bond donors (Lipinski definition) is 2. The van der Waals surface area contributed by atoms with Gasteiger partial charge in [-0.25, -0.2) is 9.99 Å². The van der Waals surface area contributed by atoms with Gasteiger partial charge in [0.05, 0.1) is 23.2 Å². The molecule has 1 fully saturated rings. The predicted octanol–water partition coefficient (Wildman–Crippen LogP) is 3.23. The van der Waals surface area contributed by atoms with Crippen LogP contribution in [0.2, 0.25) is 0 Å².